The zero-order valence-corrected chi connectivity index (χ0v) is 10.4. The van der Waals surface area contributed by atoms with E-state index in [0.717, 1.165) is 0 Å². The largest absolute Gasteiger partial charge is 0.362 e. The maximum atomic E-state index is 11.1. The molecule has 7 nitrogen and oxygen atoms in total. The van der Waals surface area contributed by atoms with Crippen molar-refractivity contribution in [2.75, 3.05) is 10.6 Å². The first kappa shape index (κ1) is 13.1. The van der Waals surface area contributed by atoms with Crippen molar-refractivity contribution in [1.82, 2.24) is 9.97 Å². The summed E-state index contributed by atoms with van der Waals surface area (Å²) in [4.78, 5) is 18.4. The van der Waals surface area contributed by atoms with Gasteiger partial charge in [-0.3, -0.25) is 10.1 Å². The number of nitrogens with one attached hydrogen (secondary N) is 2. The Labute approximate surface area is 99.8 Å². The molecule has 1 aromatic heterocycles. The molecule has 7 heteroatoms. The molecule has 0 radical (unpaired) electrons. The highest BCUT2D eigenvalue weighted by molar-refractivity contribution is 5.69. The van der Waals surface area contributed by atoms with Crippen LogP contribution in [0.25, 0.3) is 0 Å². The molecule has 0 saturated heterocycles. The van der Waals surface area contributed by atoms with Crippen molar-refractivity contribution in [3.63, 3.8) is 0 Å². The molecule has 0 aliphatic carbocycles. The lowest BCUT2D eigenvalue weighted by Crippen LogP contribution is -2.17. The molecule has 0 unspecified atom stereocenters. The van der Waals surface area contributed by atoms with E-state index in [1.54, 1.807) is 0 Å². The second kappa shape index (κ2) is 5.42. The van der Waals surface area contributed by atoms with Gasteiger partial charge in [0, 0.05) is 12.1 Å². The minimum atomic E-state index is -0.477. The van der Waals surface area contributed by atoms with E-state index >= 15 is 0 Å². The second-order valence-corrected chi connectivity index (χ2v) is 4.27. The smallest absolute Gasteiger partial charge is 0.353 e. The Morgan fingerprint density at radius 1 is 1.12 bits per heavy atom. The van der Waals surface area contributed by atoms with Crippen LogP contribution in [0.4, 0.5) is 17.3 Å². The van der Waals surface area contributed by atoms with Gasteiger partial charge >= 0.3 is 5.69 Å². The first-order chi connectivity index (χ1) is 7.91. The monoisotopic (exact) mass is 239 g/mol. The van der Waals surface area contributed by atoms with Crippen LogP contribution < -0.4 is 10.6 Å². The number of hydrogen-bond acceptors (Lipinski definition) is 6. The van der Waals surface area contributed by atoms with Gasteiger partial charge in [0.1, 0.15) is 6.33 Å². The minimum absolute atomic E-state index is 0.0653. The third-order valence-corrected chi connectivity index (χ3v) is 1.86. The van der Waals surface area contributed by atoms with E-state index in [4.69, 9.17) is 0 Å². The number of nitro groups is 1. The molecule has 1 aromatic rings. The number of nitrogens with zero attached hydrogens (tertiary/aromatic N) is 3. The second-order valence-electron chi connectivity index (χ2n) is 4.27. The van der Waals surface area contributed by atoms with Gasteiger partial charge < -0.3 is 10.6 Å². The van der Waals surface area contributed by atoms with Gasteiger partial charge in [0.05, 0.1) is 4.92 Å². The van der Waals surface area contributed by atoms with Gasteiger partial charge in [-0.1, -0.05) is 0 Å². The van der Waals surface area contributed by atoms with Gasteiger partial charge in [0.25, 0.3) is 0 Å². The predicted molar refractivity (Wildman–Crippen MR) is 66.2 cm³/mol. The van der Waals surface area contributed by atoms with Crippen LogP contribution in [-0.4, -0.2) is 27.0 Å². The lowest BCUT2D eigenvalue weighted by Gasteiger charge is -2.13. The van der Waals surface area contributed by atoms with Gasteiger partial charge in [-0.2, -0.15) is 0 Å². The molecule has 17 heavy (non-hydrogen) atoms. The molecule has 2 N–H and O–H groups in total. The highest BCUT2D eigenvalue weighted by Gasteiger charge is 2.23. The average Bonchev–Trinajstić information content (AvgIpc) is 2.14. The summed E-state index contributed by atoms with van der Waals surface area (Å²) < 4.78 is 0. The Kier molecular flexibility index (Phi) is 4.19. The molecule has 0 atom stereocenters. The fourth-order valence-corrected chi connectivity index (χ4v) is 1.31. The van der Waals surface area contributed by atoms with Crippen LogP contribution >= 0.6 is 0 Å². The maximum absolute atomic E-state index is 11.1. The van der Waals surface area contributed by atoms with E-state index in [1.165, 1.54) is 6.33 Å². The summed E-state index contributed by atoms with van der Waals surface area (Å²) >= 11 is 0. The standard InChI is InChI=1S/C10H17N5O2/c1-6(2)13-9-8(15(16)17)10(12-5-11-9)14-7(3)4/h5-7H,1-4H3,(H2,11,12,13,14). The molecular weight excluding hydrogens is 222 g/mol. The summed E-state index contributed by atoms with van der Waals surface area (Å²) in [7, 11) is 0. The zero-order valence-electron chi connectivity index (χ0n) is 10.4. The fraction of sp³-hybridized carbons (Fsp3) is 0.600. The minimum Gasteiger partial charge on any atom is -0.362 e. The lowest BCUT2D eigenvalue weighted by atomic mass is 10.3. The summed E-state index contributed by atoms with van der Waals surface area (Å²) in [6.45, 7) is 7.56. The van der Waals surface area contributed by atoms with Gasteiger partial charge in [-0.15, -0.1) is 0 Å². The third kappa shape index (κ3) is 3.54. The van der Waals surface area contributed by atoms with Crippen molar-refractivity contribution < 1.29 is 4.92 Å². The summed E-state index contributed by atoms with van der Waals surface area (Å²) in [6, 6.07) is 0.131. The van der Waals surface area contributed by atoms with Crippen molar-refractivity contribution in [3.05, 3.63) is 16.4 Å². The summed E-state index contributed by atoms with van der Waals surface area (Å²) in [6.07, 6.45) is 1.31. The molecule has 0 aliphatic heterocycles. The topological polar surface area (TPSA) is 93.0 Å². The van der Waals surface area contributed by atoms with E-state index in [1.807, 2.05) is 27.7 Å². The first-order valence-electron chi connectivity index (χ1n) is 5.44. The molecular formula is C10H17N5O2. The number of hydrogen-bond donors (Lipinski definition) is 2. The van der Waals surface area contributed by atoms with Crippen LogP contribution in [0.3, 0.4) is 0 Å². The molecule has 1 heterocycles. The predicted octanol–water partition coefficient (Wildman–Crippen LogP) is 2.03. The Hall–Kier alpha value is -1.92. The molecule has 1 rings (SSSR count). The number of anilines is 2. The molecule has 0 amide bonds. The molecule has 0 aromatic carbocycles. The van der Waals surface area contributed by atoms with Crippen molar-refractivity contribution in [3.8, 4) is 0 Å². The highest BCUT2D eigenvalue weighted by atomic mass is 16.6. The fourth-order valence-electron chi connectivity index (χ4n) is 1.31. The van der Waals surface area contributed by atoms with Crippen molar-refractivity contribution >= 4 is 17.3 Å². The molecule has 0 bridgehead atoms. The number of aromatic nitrogens is 2. The van der Waals surface area contributed by atoms with Gasteiger partial charge in [-0.25, -0.2) is 9.97 Å². The summed E-state index contributed by atoms with van der Waals surface area (Å²) in [5, 5.41) is 16.9. The molecule has 0 saturated carbocycles. The van der Waals surface area contributed by atoms with Crippen LogP contribution in [0.5, 0.6) is 0 Å². The normalized spacial score (nSPS) is 10.7. The quantitative estimate of drug-likeness (QED) is 0.603. The van der Waals surface area contributed by atoms with Crippen LogP contribution in [-0.2, 0) is 0 Å². The first-order valence-corrected chi connectivity index (χ1v) is 5.44. The van der Waals surface area contributed by atoms with Crippen LogP contribution in [0.1, 0.15) is 27.7 Å². The van der Waals surface area contributed by atoms with Crippen molar-refractivity contribution in [1.29, 1.82) is 0 Å². The van der Waals surface area contributed by atoms with E-state index in [2.05, 4.69) is 20.6 Å². The molecule has 0 spiro atoms. The van der Waals surface area contributed by atoms with Crippen LogP contribution in [0.15, 0.2) is 6.33 Å². The average molecular weight is 239 g/mol. The van der Waals surface area contributed by atoms with Crippen LogP contribution in [0, 0.1) is 10.1 Å². The Balaban J connectivity index is 3.17. The summed E-state index contributed by atoms with van der Waals surface area (Å²) in [5.74, 6) is 0.478. The van der Waals surface area contributed by atoms with Crippen molar-refractivity contribution in [2.24, 2.45) is 0 Å². The highest BCUT2D eigenvalue weighted by Crippen LogP contribution is 2.29. The molecule has 0 fully saturated rings. The van der Waals surface area contributed by atoms with Gasteiger partial charge in [0.2, 0.25) is 11.6 Å². The lowest BCUT2D eigenvalue weighted by molar-refractivity contribution is -0.383. The van der Waals surface area contributed by atoms with Crippen molar-refractivity contribution in [2.45, 2.75) is 39.8 Å². The summed E-state index contributed by atoms with van der Waals surface area (Å²) in [5.41, 5.74) is -0.116. The number of rotatable bonds is 5. The maximum Gasteiger partial charge on any atom is 0.353 e. The SMILES string of the molecule is CC(C)Nc1ncnc(NC(C)C)c1[N+](=O)[O-]. The van der Waals surface area contributed by atoms with E-state index in [9.17, 15) is 10.1 Å². The third-order valence-electron chi connectivity index (χ3n) is 1.86. The van der Waals surface area contributed by atoms with Gasteiger partial charge in [-0.05, 0) is 27.7 Å². The van der Waals surface area contributed by atoms with E-state index in [-0.39, 0.29) is 29.4 Å². The Bertz CT molecular complexity index is 377. The zero-order chi connectivity index (χ0) is 13.0. The molecule has 94 valence electrons. The Morgan fingerprint density at radius 2 is 1.53 bits per heavy atom. The van der Waals surface area contributed by atoms with Gasteiger partial charge in [0.15, 0.2) is 0 Å². The molecule has 0 aliphatic rings. The van der Waals surface area contributed by atoms with E-state index < -0.39 is 4.92 Å². The van der Waals surface area contributed by atoms with E-state index in [0.29, 0.717) is 0 Å². The van der Waals surface area contributed by atoms with Crippen LogP contribution in [0.2, 0.25) is 0 Å². The Morgan fingerprint density at radius 3 is 1.82 bits per heavy atom.